The van der Waals surface area contributed by atoms with Crippen LogP contribution in [0.15, 0.2) is 24.3 Å². The Kier molecular flexibility index (Phi) is 7.36. The summed E-state index contributed by atoms with van der Waals surface area (Å²) in [6.45, 7) is 8.98. The van der Waals surface area contributed by atoms with Crippen molar-refractivity contribution < 1.29 is 9.53 Å². The third kappa shape index (κ3) is 6.20. The highest BCUT2D eigenvalue weighted by Gasteiger charge is 2.20. The minimum atomic E-state index is -0.0814. The summed E-state index contributed by atoms with van der Waals surface area (Å²) in [5, 5.41) is 5.89. The van der Waals surface area contributed by atoms with Crippen LogP contribution in [0, 0.1) is 6.92 Å². The number of nitrogens with one attached hydrogen (secondary N) is 2. The Morgan fingerprint density at radius 1 is 1.30 bits per heavy atom. The maximum absolute atomic E-state index is 11.8. The molecule has 0 radical (unpaired) electrons. The minimum absolute atomic E-state index is 0.0814. The van der Waals surface area contributed by atoms with Gasteiger partial charge in [-0.05, 0) is 37.8 Å². The van der Waals surface area contributed by atoms with E-state index in [1.165, 1.54) is 11.1 Å². The number of urea groups is 1. The van der Waals surface area contributed by atoms with Crippen molar-refractivity contribution in [2.45, 2.75) is 39.3 Å². The number of benzene rings is 1. The van der Waals surface area contributed by atoms with Gasteiger partial charge in [0.1, 0.15) is 0 Å². The van der Waals surface area contributed by atoms with E-state index in [0.29, 0.717) is 19.8 Å². The monoisotopic (exact) mass is 319 g/mol. The topological polar surface area (TPSA) is 53.6 Å². The molecular weight excluding hydrogens is 290 g/mol. The third-order valence-corrected chi connectivity index (χ3v) is 4.31. The number of piperidine rings is 1. The average Bonchev–Trinajstić information content (AvgIpc) is 2.55. The largest absolute Gasteiger partial charge is 0.380 e. The summed E-state index contributed by atoms with van der Waals surface area (Å²) in [4.78, 5) is 14.3. The second-order valence-electron chi connectivity index (χ2n) is 6.07. The maximum atomic E-state index is 11.8. The Morgan fingerprint density at radius 3 is 2.74 bits per heavy atom. The van der Waals surface area contributed by atoms with Gasteiger partial charge >= 0.3 is 6.03 Å². The Bertz CT molecular complexity index is 485. The molecule has 5 heteroatoms. The van der Waals surface area contributed by atoms with Crippen molar-refractivity contribution in [3.63, 3.8) is 0 Å². The predicted molar refractivity (Wildman–Crippen MR) is 92.5 cm³/mol. The van der Waals surface area contributed by atoms with Gasteiger partial charge in [0.25, 0.3) is 0 Å². The Balaban J connectivity index is 1.66. The van der Waals surface area contributed by atoms with Gasteiger partial charge in [-0.25, -0.2) is 4.79 Å². The van der Waals surface area contributed by atoms with Crippen LogP contribution in [0.1, 0.15) is 30.9 Å². The first kappa shape index (κ1) is 17.8. The molecule has 1 aliphatic rings. The highest BCUT2D eigenvalue weighted by Crippen LogP contribution is 2.16. The van der Waals surface area contributed by atoms with Gasteiger partial charge in [0.2, 0.25) is 0 Å². The standard InChI is InChI=1S/C18H29N3O2/c1-3-23-13-10-19-18(22)20-17-8-11-21(12-9-17)14-16-7-5-4-6-15(16)2/h4-7,17H,3,8-14H2,1-2H3,(H2,19,20,22). The van der Waals surface area contributed by atoms with Gasteiger partial charge in [0.15, 0.2) is 0 Å². The highest BCUT2D eigenvalue weighted by atomic mass is 16.5. The van der Waals surface area contributed by atoms with Crippen LogP contribution in [0.2, 0.25) is 0 Å². The number of rotatable bonds is 7. The quantitative estimate of drug-likeness (QED) is 0.758. The normalized spacial score (nSPS) is 16.3. The predicted octanol–water partition coefficient (Wildman–Crippen LogP) is 2.30. The summed E-state index contributed by atoms with van der Waals surface area (Å²) < 4.78 is 5.20. The fourth-order valence-electron chi connectivity index (χ4n) is 2.88. The van der Waals surface area contributed by atoms with Gasteiger partial charge in [-0.1, -0.05) is 24.3 Å². The Hall–Kier alpha value is -1.59. The SMILES string of the molecule is CCOCCNC(=O)NC1CCN(Cc2ccccc2C)CC1. The fraction of sp³-hybridized carbons (Fsp3) is 0.611. The van der Waals surface area contributed by atoms with E-state index in [4.69, 9.17) is 4.74 Å². The summed E-state index contributed by atoms with van der Waals surface area (Å²) >= 11 is 0. The lowest BCUT2D eigenvalue weighted by atomic mass is 10.0. The van der Waals surface area contributed by atoms with Crippen LogP contribution in [0.4, 0.5) is 4.79 Å². The van der Waals surface area contributed by atoms with Crippen molar-refractivity contribution in [2.24, 2.45) is 0 Å². The molecule has 0 bridgehead atoms. The van der Waals surface area contributed by atoms with Gasteiger partial charge < -0.3 is 15.4 Å². The van der Waals surface area contributed by atoms with Crippen LogP contribution >= 0.6 is 0 Å². The van der Waals surface area contributed by atoms with Crippen molar-refractivity contribution in [3.05, 3.63) is 35.4 Å². The molecule has 0 saturated carbocycles. The second-order valence-corrected chi connectivity index (χ2v) is 6.07. The number of carbonyl (C=O) groups excluding carboxylic acids is 1. The van der Waals surface area contributed by atoms with Gasteiger partial charge in [0.05, 0.1) is 6.61 Å². The van der Waals surface area contributed by atoms with Crippen molar-refractivity contribution in [1.29, 1.82) is 0 Å². The van der Waals surface area contributed by atoms with E-state index in [2.05, 4.69) is 46.7 Å². The molecule has 1 aromatic rings. The molecule has 2 amide bonds. The summed E-state index contributed by atoms with van der Waals surface area (Å²) in [5.41, 5.74) is 2.74. The number of ether oxygens (including phenoxy) is 1. The molecule has 5 nitrogen and oxygen atoms in total. The molecule has 1 fully saturated rings. The zero-order chi connectivity index (χ0) is 16.5. The lowest BCUT2D eigenvalue weighted by Gasteiger charge is -2.32. The van der Waals surface area contributed by atoms with E-state index in [1.807, 2.05) is 6.92 Å². The van der Waals surface area contributed by atoms with E-state index in [0.717, 1.165) is 32.5 Å². The number of amides is 2. The van der Waals surface area contributed by atoms with E-state index in [9.17, 15) is 4.79 Å². The van der Waals surface area contributed by atoms with Gasteiger partial charge in [0, 0.05) is 38.8 Å². The van der Waals surface area contributed by atoms with E-state index in [-0.39, 0.29) is 12.1 Å². The van der Waals surface area contributed by atoms with Gasteiger partial charge in [-0.15, -0.1) is 0 Å². The van der Waals surface area contributed by atoms with Crippen molar-refractivity contribution in [3.8, 4) is 0 Å². The summed E-state index contributed by atoms with van der Waals surface area (Å²) in [6, 6.07) is 8.74. The Labute approximate surface area is 139 Å². The molecule has 1 heterocycles. The van der Waals surface area contributed by atoms with Crippen molar-refractivity contribution in [1.82, 2.24) is 15.5 Å². The number of aryl methyl sites for hydroxylation is 1. The number of nitrogens with zero attached hydrogens (tertiary/aromatic N) is 1. The number of hydrogen-bond donors (Lipinski definition) is 2. The minimum Gasteiger partial charge on any atom is -0.380 e. The molecule has 0 aliphatic carbocycles. The molecular formula is C18H29N3O2. The lowest BCUT2D eigenvalue weighted by Crippen LogP contribution is -2.48. The zero-order valence-electron chi connectivity index (χ0n) is 14.3. The fourth-order valence-corrected chi connectivity index (χ4v) is 2.88. The molecule has 2 N–H and O–H groups in total. The highest BCUT2D eigenvalue weighted by molar-refractivity contribution is 5.74. The Morgan fingerprint density at radius 2 is 2.04 bits per heavy atom. The van der Waals surface area contributed by atoms with Crippen LogP contribution in [0.25, 0.3) is 0 Å². The van der Waals surface area contributed by atoms with Crippen LogP contribution in [-0.4, -0.2) is 49.8 Å². The van der Waals surface area contributed by atoms with Crippen LogP contribution < -0.4 is 10.6 Å². The first-order chi connectivity index (χ1) is 11.2. The van der Waals surface area contributed by atoms with E-state index < -0.39 is 0 Å². The van der Waals surface area contributed by atoms with Crippen LogP contribution in [0.3, 0.4) is 0 Å². The summed E-state index contributed by atoms with van der Waals surface area (Å²) in [7, 11) is 0. The molecule has 0 aromatic heterocycles. The molecule has 1 aliphatic heterocycles. The van der Waals surface area contributed by atoms with Crippen molar-refractivity contribution >= 4 is 6.03 Å². The van der Waals surface area contributed by atoms with Gasteiger partial charge in [-0.2, -0.15) is 0 Å². The first-order valence-electron chi connectivity index (χ1n) is 8.58. The molecule has 1 saturated heterocycles. The maximum Gasteiger partial charge on any atom is 0.315 e. The molecule has 1 aromatic carbocycles. The molecule has 128 valence electrons. The van der Waals surface area contributed by atoms with Crippen molar-refractivity contribution in [2.75, 3.05) is 32.8 Å². The van der Waals surface area contributed by atoms with Crippen LogP contribution in [-0.2, 0) is 11.3 Å². The van der Waals surface area contributed by atoms with E-state index >= 15 is 0 Å². The molecule has 0 unspecified atom stereocenters. The number of likely N-dealkylation sites (tertiary alicyclic amines) is 1. The zero-order valence-corrected chi connectivity index (χ0v) is 14.3. The lowest BCUT2D eigenvalue weighted by molar-refractivity contribution is 0.148. The van der Waals surface area contributed by atoms with Crippen LogP contribution in [0.5, 0.6) is 0 Å². The van der Waals surface area contributed by atoms with Gasteiger partial charge in [-0.3, -0.25) is 4.90 Å². The smallest absolute Gasteiger partial charge is 0.315 e. The summed E-state index contributed by atoms with van der Waals surface area (Å²) in [5.74, 6) is 0. The number of carbonyl (C=O) groups is 1. The third-order valence-electron chi connectivity index (χ3n) is 4.31. The molecule has 0 spiro atoms. The summed E-state index contributed by atoms with van der Waals surface area (Å²) in [6.07, 6.45) is 2.01. The average molecular weight is 319 g/mol. The van der Waals surface area contributed by atoms with E-state index in [1.54, 1.807) is 0 Å². The first-order valence-corrected chi connectivity index (χ1v) is 8.58. The molecule has 0 atom stereocenters. The second kappa shape index (κ2) is 9.53. The number of hydrogen-bond acceptors (Lipinski definition) is 3. The molecule has 23 heavy (non-hydrogen) atoms. The molecule has 2 rings (SSSR count).